The normalized spacial score (nSPS) is 13.2. The molecule has 0 aliphatic carbocycles. The van der Waals surface area contributed by atoms with Crippen LogP contribution in [0.15, 0.2) is 0 Å². The summed E-state index contributed by atoms with van der Waals surface area (Å²) >= 11 is 0. The van der Waals surface area contributed by atoms with E-state index in [2.05, 4.69) is 19.2 Å². The Morgan fingerprint density at radius 1 is 0.479 bits per heavy atom. The Bertz CT molecular complexity index is 775. The number of amides is 1. The minimum absolute atomic E-state index is 0.240. The molecule has 6 nitrogen and oxygen atoms in total. The zero-order valence-corrected chi connectivity index (χ0v) is 33.0. The molecule has 0 fully saturated rings. The number of aliphatic hydroxyl groups excluding tert-OH is 1. The maximum absolute atomic E-state index is 12.5. The lowest BCUT2D eigenvalue weighted by Crippen LogP contribution is -2.47. The zero-order chi connectivity index (χ0) is 35.4. The second kappa shape index (κ2) is 36.1. The lowest BCUT2D eigenvalue weighted by Gasteiger charge is -2.23. The molecule has 0 bridgehead atoms. The first-order valence-corrected chi connectivity index (χ1v) is 22.8. The van der Waals surface area contributed by atoms with Crippen molar-refractivity contribution in [3.63, 3.8) is 0 Å². The van der Waals surface area contributed by atoms with Crippen LogP contribution in [0.1, 0.15) is 239 Å². The van der Waals surface area contributed by atoms with Crippen LogP contribution in [0, 0.1) is 0 Å². The summed E-state index contributed by atoms with van der Waals surface area (Å²) in [5.74, 6) is -0.881. The van der Waals surface area contributed by atoms with Gasteiger partial charge in [0.15, 0.2) is 0 Å². The van der Waals surface area contributed by atoms with Crippen molar-refractivity contribution in [3.8, 4) is 0 Å². The van der Waals surface area contributed by atoms with E-state index < -0.39 is 28.0 Å². The van der Waals surface area contributed by atoms with E-state index in [0.717, 1.165) is 38.5 Å². The summed E-state index contributed by atoms with van der Waals surface area (Å²) in [6, 6.07) is -0.963. The standard InChI is InChI=1S/C41H83NO5S/c1-3-5-7-9-11-13-15-17-19-21-23-25-27-29-31-33-35-37-41(44)42-39(38-48(45,46)47)40(43)36-34-32-30-28-26-24-22-20-18-16-14-12-10-8-6-4-2/h39-40,43H,3-38H2,1-2H3,(H,42,44)(H,45,46,47). The van der Waals surface area contributed by atoms with E-state index >= 15 is 0 Å². The molecule has 48 heavy (non-hydrogen) atoms. The quantitative estimate of drug-likeness (QED) is 0.0437. The summed E-state index contributed by atoms with van der Waals surface area (Å²) in [6.45, 7) is 4.54. The molecule has 3 N–H and O–H groups in total. The number of hydrogen-bond donors (Lipinski definition) is 3. The largest absolute Gasteiger partial charge is 0.391 e. The summed E-state index contributed by atoms with van der Waals surface area (Å²) in [7, 11) is -4.30. The van der Waals surface area contributed by atoms with E-state index in [9.17, 15) is 22.9 Å². The average molecular weight is 702 g/mol. The van der Waals surface area contributed by atoms with Crippen molar-refractivity contribution in [2.75, 3.05) is 5.75 Å². The van der Waals surface area contributed by atoms with Crippen molar-refractivity contribution >= 4 is 16.0 Å². The Morgan fingerprint density at radius 3 is 1.04 bits per heavy atom. The highest BCUT2D eigenvalue weighted by atomic mass is 32.2. The van der Waals surface area contributed by atoms with Crippen LogP contribution in [0.25, 0.3) is 0 Å². The molecule has 0 heterocycles. The first-order valence-electron chi connectivity index (χ1n) is 21.2. The highest BCUT2D eigenvalue weighted by Crippen LogP contribution is 2.17. The smallest absolute Gasteiger partial charge is 0.266 e. The first kappa shape index (κ1) is 47.3. The fourth-order valence-electron chi connectivity index (χ4n) is 6.87. The number of carbonyl (C=O) groups excluding carboxylic acids is 1. The van der Waals surface area contributed by atoms with Gasteiger partial charge in [-0.1, -0.05) is 219 Å². The third-order valence-corrected chi connectivity index (χ3v) is 10.8. The van der Waals surface area contributed by atoms with Crippen LogP contribution in [-0.4, -0.2) is 41.9 Å². The molecule has 2 atom stereocenters. The lowest BCUT2D eigenvalue weighted by molar-refractivity contribution is -0.122. The van der Waals surface area contributed by atoms with Gasteiger partial charge in [-0.15, -0.1) is 0 Å². The predicted octanol–water partition coefficient (Wildman–Crippen LogP) is 12.4. The Balaban J connectivity index is 3.80. The zero-order valence-electron chi connectivity index (χ0n) is 32.1. The molecule has 0 aromatic heterocycles. The van der Waals surface area contributed by atoms with Gasteiger partial charge in [-0.05, 0) is 12.8 Å². The Labute approximate surface area is 299 Å². The van der Waals surface area contributed by atoms with Gasteiger partial charge in [0.05, 0.1) is 17.9 Å². The Hall–Kier alpha value is -0.660. The van der Waals surface area contributed by atoms with E-state index in [1.807, 2.05) is 0 Å². The molecular weight excluding hydrogens is 619 g/mol. The van der Waals surface area contributed by atoms with Crippen molar-refractivity contribution in [1.29, 1.82) is 0 Å². The summed E-state index contributed by atoms with van der Waals surface area (Å²) in [6.07, 6.45) is 41.9. The van der Waals surface area contributed by atoms with E-state index in [-0.39, 0.29) is 5.91 Å². The molecule has 2 unspecified atom stereocenters. The number of hydrogen-bond acceptors (Lipinski definition) is 4. The van der Waals surface area contributed by atoms with Gasteiger partial charge in [-0.3, -0.25) is 9.35 Å². The van der Waals surface area contributed by atoms with Crippen molar-refractivity contribution in [2.24, 2.45) is 0 Å². The second-order valence-corrected chi connectivity index (χ2v) is 16.5. The molecule has 0 saturated carbocycles. The molecule has 0 aliphatic heterocycles. The van der Waals surface area contributed by atoms with Gasteiger partial charge in [0.1, 0.15) is 0 Å². The second-order valence-electron chi connectivity index (χ2n) is 15.0. The third-order valence-electron chi connectivity index (χ3n) is 10.1. The van der Waals surface area contributed by atoms with Gasteiger partial charge in [-0.2, -0.15) is 8.42 Å². The first-order chi connectivity index (χ1) is 23.3. The third kappa shape index (κ3) is 36.6. The Kier molecular flexibility index (Phi) is 35.6. The maximum Gasteiger partial charge on any atom is 0.266 e. The van der Waals surface area contributed by atoms with Crippen LogP contribution in [0.5, 0.6) is 0 Å². The minimum atomic E-state index is -4.30. The number of aliphatic hydroxyl groups is 1. The number of carbonyl (C=O) groups is 1. The number of unbranched alkanes of at least 4 members (excludes halogenated alkanes) is 31. The highest BCUT2D eigenvalue weighted by molar-refractivity contribution is 7.85. The van der Waals surface area contributed by atoms with Crippen molar-refractivity contribution < 1.29 is 22.9 Å². The van der Waals surface area contributed by atoms with Gasteiger partial charge in [0.2, 0.25) is 5.91 Å². The molecule has 0 aromatic rings. The van der Waals surface area contributed by atoms with Crippen LogP contribution in [0.2, 0.25) is 0 Å². The average Bonchev–Trinajstić information content (AvgIpc) is 3.05. The van der Waals surface area contributed by atoms with Gasteiger partial charge >= 0.3 is 0 Å². The fraction of sp³-hybridized carbons (Fsp3) is 0.976. The topological polar surface area (TPSA) is 104 Å². The monoisotopic (exact) mass is 702 g/mol. The van der Waals surface area contributed by atoms with Gasteiger partial charge in [-0.25, -0.2) is 0 Å². The molecule has 1 amide bonds. The van der Waals surface area contributed by atoms with Gasteiger partial charge < -0.3 is 10.4 Å². The van der Waals surface area contributed by atoms with Crippen molar-refractivity contribution in [3.05, 3.63) is 0 Å². The minimum Gasteiger partial charge on any atom is -0.391 e. The molecule has 0 aliphatic rings. The molecule has 0 aromatic carbocycles. The van der Waals surface area contributed by atoms with Gasteiger partial charge in [0, 0.05) is 6.42 Å². The maximum atomic E-state index is 12.5. The van der Waals surface area contributed by atoms with E-state index in [1.54, 1.807) is 0 Å². The number of rotatable bonds is 39. The lowest BCUT2D eigenvalue weighted by atomic mass is 10.0. The van der Waals surface area contributed by atoms with Crippen LogP contribution in [-0.2, 0) is 14.9 Å². The molecule has 7 heteroatoms. The van der Waals surface area contributed by atoms with Crippen molar-refractivity contribution in [2.45, 2.75) is 251 Å². The molecule has 0 radical (unpaired) electrons. The molecule has 0 rings (SSSR count). The fourth-order valence-corrected chi connectivity index (χ4v) is 7.63. The van der Waals surface area contributed by atoms with Gasteiger partial charge in [0.25, 0.3) is 10.1 Å². The summed E-state index contributed by atoms with van der Waals surface area (Å²) in [5.41, 5.74) is 0. The summed E-state index contributed by atoms with van der Waals surface area (Å²) < 4.78 is 32.5. The van der Waals surface area contributed by atoms with Crippen LogP contribution < -0.4 is 5.32 Å². The highest BCUT2D eigenvalue weighted by Gasteiger charge is 2.26. The molecule has 0 spiro atoms. The summed E-state index contributed by atoms with van der Waals surface area (Å²) in [5, 5.41) is 13.4. The van der Waals surface area contributed by atoms with Crippen LogP contribution in [0.3, 0.4) is 0 Å². The Morgan fingerprint density at radius 2 is 0.750 bits per heavy atom. The van der Waals surface area contributed by atoms with E-state index in [1.165, 1.54) is 173 Å². The molecule has 288 valence electrons. The number of nitrogens with one attached hydrogen (secondary N) is 1. The van der Waals surface area contributed by atoms with E-state index in [4.69, 9.17) is 0 Å². The SMILES string of the molecule is CCCCCCCCCCCCCCCCCCCC(=O)NC(CS(=O)(=O)O)C(O)CCCCCCCCCCCCCCCCCC. The van der Waals surface area contributed by atoms with Crippen LogP contribution >= 0.6 is 0 Å². The molecular formula is C41H83NO5S. The molecule has 0 saturated heterocycles. The van der Waals surface area contributed by atoms with Crippen molar-refractivity contribution in [1.82, 2.24) is 5.32 Å². The predicted molar refractivity (Wildman–Crippen MR) is 207 cm³/mol. The summed E-state index contributed by atoms with van der Waals surface area (Å²) in [4.78, 5) is 12.5. The van der Waals surface area contributed by atoms with E-state index in [0.29, 0.717) is 12.8 Å². The van der Waals surface area contributed by atoms with Crippen LogP contribution in [0.4, 0.5) is 0 Å².